The molecule has 4 rings (SSSR count). The Morgan fingerprint density at radius 3 is 1.27 bits per heavy atom. The van der Waals surface area contributed by atoms with Gasteiger partial charge < -0.3 is 22.3 Å². The molecule has 150 valence electrons. The number of hydrogen-bond acceptors (Lipinski definition) is 1. The van der Waals surface area contributed by atoms with Crippen molar-refractivity contribution in [3.05, 3.63) is 133 Å². The SMILES string of the molecule is CC(=C[P+](c1ccccc1)(c1ccccc1)c1ccccc1)Nc1ccccc1.[Br-]. The second-order valence-corrected chi connectivity index (χ2v) is 10.3. The molecule has 0 amide bonds. The molecule has 4 aromatic rings. The van der Waals surface area contributed by atoms with Crippen LogP contribution in [0.2, 0.25) is 0 Å². The van der Waals surface area contributed by atoms with Crippen LogP contribution in [0.25, 0.3) is 0 Å². The lowest BCUT2D eigenvalue weighted by atomic mass is 10.3. The number of hydrogen-bond donors (Lipinski definition) is 1. The van der Waals surface area contributed by atoms with E-state index in [4.69, 9.17) is 0 Å². The maximum atomic E-state index is 3.60. The molecule has 0 aliphatic carbocycles. The molecule has 1 nitrogen and oxygen atoms in total. The Morgan fingerprint density at radius 1 is 0.567 bits per heavy atom. The van der Waals surface area contributed by atoms with Crippen LogP contribution in [0.5, 0.6) is 0 Å². The van der Waals surface area contributed by atoms with Crippen molar-refractivity contribution in [2.45, 2.75) is 6.92 Å². The minimum atomic E-state index is -1.97. The van der Waals surface area contributed by atoms with Crippen LogP contribution in [0, 0.1) is 0 Å². The summed E-state index contributed by atoms with van der Waals surface area (Å²) in [5.74, 6) is 2.46. The molecule has 0 atom stereocenters. The van der Waals surface area contributed by atoms with Crippen molar-refractivity contribution in [3.8, 4) is 0 Å². The number of anilines is 1. The van der Waals surface area contributed by atoms with E-state index in [1.54, 1.807) is 0 Å². The summed E-state index contributed by atoms with van der Waals surface area (Å²) in [6.07, 6.45) is 0. The van der Waals surface area contributed by atoms with Gasteiger partial charge >= 0.3 is 0 Å². The number of benzene rings is 4. The van der Waals surface area contributed by atoms with Crippen LogP contribution in [-0.4, -0.2) is 0 Å². The van der Waals surface area contributed by atoms with Crippen LogP contribution in [0.3, 0.4) is 0 Å². The second-order valence-electron chi connectivity index (χ2n) is 7.03. The number of halogens is 1. The van der Waals surface area contributed by atoms with Crippen LogP contribution >= 0.6 is 7.26 Å². The molecule has 0 fully saturated rings. The molecule has 0 bridgehead atoms. The Bertz CT molecular complexity index is 968. The summed E-state index contributed by atoms with van der Waals surface area (Å²) in [7, 11) is -1.97. The van der Waals surface area contributed by atoms with Gasteiger partial charge in [-0.05, 0) is 55.5 Å². The van der Waals surface area contributed by atoms with Gasteiger partial charge in [0.2, 0.25) is 0 Å². The predicted molar refractivity (Wildman–Crippen MR) is 129 cm³/mol. The fraction of sp³-hybridized carbons (Fsp3) is 0.0370. The smallest absolute Gasteiger partial charge is 0.138 e. The largest absolute Gasteiger partial charge is 1.00 e. The summed E-state index contributed by atoms with van der Waals surface area (Å²) in [5.41, 5.74) is 2.26. The molecule has 0 aliphatic rings. The monoisotopic (exact) mass is 473 g/mol. The highest BCUT2D eigenvalue weighted by Crippen LogP contribution is 2.57. The molecule has 0 saturated heterocycles. The normalized spacial score (nSPS) is 11.4. The average molecular weight is 474 g/mol. The molecule has 0 heterocycles. The summed E-state index contributed by atoms with van der Waals surface area (Å²) < 4.78 is 0. The molecule has 0 saturated carbocycles. The van der Waals surface area contributed by atoms with Crippen molar-refractivity contribution >= 4 is 28.9 Å². The summed E-state index contributed by atoms with van der Waals surface area (Å²) in [6, 6.07) is 43.1. The number of allylic oxidation sites excluding steroid dienone is 1. The fourth-order valence-corrected chi connectivity index (χ4v) is 7.65. The topological polar surface area (TPSA) is 12.0 Å². The van der Waals surface area contributed by atoms with Gasteiger partial charge in [0.15, 0.2) is 0 Å². The van der Waals surface area contributed by atoms with Gasteiger partial charge in [0.25, 0.3) is 0 Å². The number of rotatable bonds is 6. The summed E-state index contributed by atoms with van der Waals surface area (Å²) >= 11 is 0. The fourth-order valence-electron chi connectivity index (χ4n) is 3.73. The van der Waals surface area contributed by atoms with Gasteiger partial charge in [-0.2, -0.15) is 0 Å². The lowest BCUT2D eigenvalue weighted by Crippen LogP contribution is -3.00. The van der Waals surface area contributed by atoms with Gasteiger partial charge in [-0.3, -0.25) is 0 Å². The first kappa shape index (κ1) is 22.0. The van der Waals surface area contributed by atoms with Crippen LogP contribution < -0.4 is 38.2 Å². The molecule has 0 spiro atoms. The highest BCUT2D eigenvalue weighted by Gasteiger charge is 2.43. The summed E-state index contributed by atoms with van der Waals surface area (Å²) in [5, 5.41) is 7.66. The van der Waals surface area contributed by atoms with E-state index in [1.165, 1.54) is 15.9 Å². The molecular weight excluding hydrogens is 449 g/mol. The molecule has 1 N–H and O–H groups in total. The van der Waals surface area contributed by atoms with E-state index in [9.17, 15) is 0 Å². The van der Waals surface area contributed by atoms with E-state index in [1.807, 2.05) is 6.07 Å². The van der Waals surface area contributed by atoms with Crippen molar-refractivity contribution in [1.82, 2.24) is 0 Å². The molecule has 3 heteroatoms. The zero-order chi connectivity index (χ0) is 19.9. The molecule has 0 unspecified atom stereocenters. The number of para-hydroxylation sites is 1. The van der Waals surface area contributed by atoms with Crippen LogP contribution in [-0.2, 0) is 0 Å². The van der Waals surface area contributed by atoms with Gasteiger partial charge in [-0.15, -0.1) is 0 Å². The maximum absolute atomic E-state index is 3.60. The van der Waals surface area contributed by atoms with E-state index < -0.39 is 7.26 Å². The molecule has 4 aromatic carbocycles. The van der Waals surface area contributed by atoms with Crippen molar-refractivity contribution in [2.24, 2.45) is 0 Å². The minimum Gasteiger partial charge on any atom is -1.00 e. The van der Waals surface area contributed by atoms with Gasteiger partial charge in [0, 0.05) is 11.4 Å². The Morgan fingerprint density at radius 2 is 0.900 bits per heavy atom. The molecule has 30 heavy (non-hydrogen) atoms. The summed E-state index contributed by atoms with van der Waals surface area (Å²) in [4.78, 5) is 0. The zero-order valence-corrected chi connectivity index (χ0v) is 19.4. The lowest BCUT2D eigenvalue weighted by molar-refractivity contribution is -0.00000565. The van der Waals surface area contributed by atoms with E-state index in [-0.39, 0.29) is 17.0 Å². The highest BCUT2D eigenvalue weighted by atomic mass is 79.9. The van der Waals surface area contributed by atoms with E-state index in [0.717, 1.165) is 11.4 Å². The first-order valence-electron chi connectivity index (χ1n) is 9.86. The van der Waals surface area contributed by atoms with Crippen LogP contribution in [0.4, 0.5) is 5.69 Å². The van der Waals surface area contributed by atoms with E-state index in [0.29, 0.717) is 0 Å². The Labute approximate surface area is 190 Å². The third kappa shape index (κ3) is 4.73. The van der Waals surface area contributed by atoms with E-state index in [2.05, 4.69) is 133 Å². The quantitative estimate of drug-likeness (QED) is 0.424. The molecule has 0 radical (unpaired) electrons. The van der Waals surface area contributed by atoms with Gasteiger partial charge in [0.1, 0.15) is 23.2 Å². The van der Waals surface area contributed by atoms with Crippen LogP contribution in [0.15, 0.2) is 133 Å². The first-order valence-corrected chi connectivity index (χ1v) is 11.7. The zero-order valence-electron chi connectivity index (χ0n) is 16.9. The molecule has 0 aromatic heterocycles. The average Bonchev–Trinajstić information content (AvgIpc) is 2.80. The van der Waals surface area contributed by atoms with Crippen LogP contribution in [0.1, 0.15) is 6.92 Å². The second kappa shape index (κ2) is 10.4. The van der Waals surface area contributed by atoms with Gasteiger partial charge in [-0.1, -0.05) is 72.8 Å². The first-order chi connectivity index (χ1) is 14.3. The number of nitrogens with one attached hydrogen (secondary N) is 1. The standard InChI is InChI=1S/C27H25NP.BrH/c1-23(28-24-14-6-2-7-15-24)22-29(25-16-8-3-9-17-25,26-18-10-4-11-19-26)27-20-12-5-13-21-27;/h2-22,28H,1H3;1H/q+1;/p-1. The Hall–Kier alpha value is -2.67. The molecular formula is C27H25BrNP. The Balaban J connectivity index is 0.00000256. The predicted octanol–water partition coefficient (Wildman–Crippen LogP) is 2.96. The summed E-state index contributed by atoms with van der Waals surface area (Å²) in [6.45, 7) is 2.16. The Kier molecular flexibility index (Phi) is 7.63. The van der Waals surface area contributed by atoms with Gasteiger partial charge in [-0.25, -0.2) is 0 Å². The van der Waals surface area contributed by atoms with Crippen molar-refractivity contribution < 1.29 is 17.0 Å². The maximum Gasteiger partial charge on any atom is 0.138 e. The van der Waals surface area contributed by atoms with Crippen molar-refractivity contribution in [1.29, 1.82) is 0 Å². The highest BCUT2D eigenvalue weighted by molar-refractivity contribution is 7.98. The van der Waals surface area contributed by atoms with Crippen molar-refractivity contribution in [2.75, 3.05) is 5.32 Å². The third-order valence-corrected chi connectivity index (χ3v) is 9.11. The minimum absolute atomic E-state index is 0. The molecule has 0 aliphatic heterocycles. The van der Waals surface area contributed by atoms with Gasteiger partial charge in [0.05, 0.1) is 5.82 Å². The van der Waals surface area contributed by atoms with E-state index >= 15 is 0 Å². The van der Waals surface area contributed by atoms with Crippen molar-refractivity contribution in [3.63, 3.8) is 0 Å². The third-order valence-electron chi connectivity index (χ3n) is 4.99. The lowest BCUT2D eigenvalue weighted by Gasteiger charge is -2.25.